The molecule has 0 amide bonds. The summed E-state index contributed by atoms with van der Waals surface area (Å²) >= 11 is 0. The molecule has 1 heterocycles. The first kappa shape index (κ1) is 12.4. The van der Waals surface area contributed by atoms with Crippen LogP contribution in [0.2, 0.25) is 0 Å². The highest BCUT2D eigenvalue weighted by Crippen LogP contribution is 2.34. The summed E-state index contributed by atoms with van der Waals surface area (Å²) in [7, 11) is 0. The molecule has 1 aliphatic rings. The van der Waals surface area contributed by atoms with Crippen molar-refractivity contribution in [1.82, 2.24) is 4.98 Å². The molecule has 2 N–H and O–H groups in total. The molecule has 3 nitrogen and oxygen atoms in total. The molecule has 1 saturated carbocycles. The Bertz CT molecular complexity index is 558. The van der Waals surface area contributed by atoms with Gasteiger partial charge in [0, 0.05) is 23.3 Å². The van der Waals surface area contributed by atoms with Crippen LogP contribution in [-0.2, 0) is 0 Å². The Morgan fingerprint density at radius 1 is 1.32 bits per heavy atom. The highest BCUT2D eigenvalue weighted by molar-refractivity contribution is 5.90. The maximum atomic E-state index is 9.46. The topological polar surface area (TPSA) is 45.2 Å². The molecule has 0 spiro atoms. The van der Waals surface area contributed by atoms with Crippen LogP contribution in [0.3, 0.4) is 0 Å². The number of hydrogen-bond acceptors (Lipinski definition) is 3. The van der Waals surface area contributed by atoms with Gasteiger partial charge in [0.25, 0.3) is 0 Å². The second-order valence-corrected chi connectivity index (χ2v) is 5.42. The Hall–Kier alpha value is -1.61. The number of para-hydroxylation sites is 1. The largest absolute Gasteiger partial charge is 0.393 e. The standard InChI is InChI=1S/C16H20N2O/c1-2-14(11-9-12(19)10-11)18-16-7-8-17-15-6-4-3-5-13(15)16/h3-8,11-12,14,19H,2,9-10H2,1H3,(H,17,18)/t11?,12?,14-/m0/s1. The number of aliphatic hydroxyl groups excluding tert-OH is 1. The highest BCUT2D eigenvalue weighted by Gasteiger charge is 2.33. The van der Waals surface area contributed by atoms with E-state index < -0.39 is 0 Å². The number of hydrogen-bond donors (Lipinski definition) is 2. The fourth-order valence-electron chi connectivity index (χ4n) is 2.93. The average molecular weight is 256 g/mol. The predicted molar refractivity (Wildman–Crippen MR) is 78.2 cm³/mol. The lowest BCUT2D eigenvalue weighted by Gasteiger charge is -2.38. The number of nitrogens with zero attached hydrogens (tertiary/aromatic N) is 1. The van der Waals surface area contributed by atoms with E-state index in [0.29, 0.717) is 12.0 Å². The Balaban J connectivity index is 1.84. The molecular formula is C16H20N2O. The maximum Gasteiger partial charge on any atom is 0.0722 e. The van der Waals surface area contributed by atoms with E-state index in [2.05, 4.69) is 23.3 Å². The van der Waals surface area contributed by atoms with Crippen LogP contribution >= 0.6 is 0 Å². The summed E-state index contributed by atoms with van der Waals surface area (Å²) in [4.78, 5) is 4.39. The fourth-order valence-corrected chi connectivity index (χ4v) is 2.93. The van der Waals surface area contributed by atoms with Crippen LogP contribution in [0, 0.1) is 5.92 Å². The normalized spacial score (nSPS) is 23.9. The second-order valence-electron chi connectivity index (χ2n) is 5.42. The average Bonchev–Trinajstić information content (AvgIpc) is 2.42. The van der Waals surface area contributed by atoms with Crippen molar-refractivity contribution in [2.45, 2.75) is 38.3 Å². The number of anilines is 1. The molecule has 0 radical (unpaired) electrons. The van der Waals surface area contributed by atoms with Crippen molar-refractivity contribution in [2.24, 2.45) is 5.92 Å². The molecular weight excluding hydrogens is 236 g/mol. The molecule has 1 aliphatic carbocycles. The molecule has 2 aromatic rings. The monoisotopic (exact) mass is 256 g/mol. The van der Waals surface area contributed by atoms with Crippen LogP contribution in [0.5, 0.6) is 0 Å². The maximum absolute atomic E-state index is 9.46. The number of aliphatic hydroxyl groups is 1. The summed E-state index contributed by atoms with van der Waals surface area (Å²) < 4.78 is 0. The summed E-state index contributed by atoms with van der Waals surface area (Å²) in [5.74, 6) is 0.590. The number of nitrogens with one attached hydrogen (secondary N) is 1. The molecule has 0 saturated heterocycles. The van der Waals surface area contributed by atoms with Crippen molar-refractivity contribution in [3.8, 4) is 0 Å². The Kier molecular flexibility index (Phi) is 3.38. The minimum atomic E-state index is -0.0879. The van der Waals surface area contributed by atoms with Gasteiger partial charge in [-0.25, -0.2) is 0 Å². The van der Waals surface area contributed by atoms with Gasteiger partial charge in [-0.2, -0.15) is 0 Å². The summed E-state index contributed by atoms with van der Waals surface area (Å²) in [5.41, 5.74) is 2.18. The third-order valence-corrected chi connectivity index (χ3v) is 4.15. The zero-order valence-corrected chi connectivity index (χ0v) is 11.2. The molecule has 1 fully saturated rings. The van der Waals surface area contributed by atoms with E-state index in [1.165, 1.54) is 5.39 Å². The lowest BCUT2D eigenvalue weighted by molar-refractivity contribution is 0.0337. The molecule has 100 valence electrons. The van der Waals surface area contributed by atoms with Gasteiger partial charge in [0.2, 0.25) is 0 Å². The SMILES string of the molecule is CC[C@H](Nc1ccnc2ccccc12)C1CC(O)C1. The first-order chi connectivity index (χ1) is 9.28. The molecule has 0 unspecified atom stereocenters. The minimum absolute atomic E-state index is 0.0879. The van der Waals surface area contributed by atoms with Gasteiger partial charge in [0.15, 0.2) is 0 Å². The second kappa shape index (κ2) is 5.17. The predicted octanol–water partition coefficient (Wildman–Crippen LogP) is 3.20. The minimum Gasteiger partial charge on any atom is -0.393 e. The van der Waals surface area contributed by atoms with Crippen LogP contribution in [0.4, 0.5) is 5.69 Å². The van der Waals surface area contributed by atoms with Crippen molar-refractivity contribution in [2.75, 3.05) is 5.32 Å². The van der Waals surface area contributed by atoms with Crippen molar-refractivity contribution >= 4 is 16.6 Å². The lowest BCUT2D eigenvalue weighted by Crippen LogP contribution is -2.40. The van der Waals surface area contributed by atoms with Crippen molar-refractivity contribution in [1.29, 1.82) is 0 Å². The van der Waals surface area contributed by atoms with E-state index in [1.807, 2.05) is 30.5 Å². The van der Waals surface area contributed by atoms with Gasteiger partial charge in [-0.15, -0.1) is 0 Å². The first-order valence-corrected chi connectivity index (χ1v) is 7.06. The van der Waals surface area contributed by atoms with Gasteiger partial charge < -0.3 is 10.4 Å². The molecule has 0 aliphatic heterocycles. The molecule has 1 aromatic carbocycles. The van der Waals surface area contributed by atoms with Gasteiger partial charge >= 0.3 is 0 Å². The number of aromatic nitrogens is 1. The smallest absolute Gasteiger partial charge is 0.0722 e. The summed E-state index contributed by atoms with van der Waals surface area (Å²) in [6, 6.07) is 10.7. The number of pyridine rings is 1. The number of fused-ring (bicyclic) bond motifs is 1. The summed E-state index contributed by atoms with van der Waals surface area (Å²) in [6.45, 7) is 2.20. The Morgan fingerprint density at radius 3 is 2.84 bits per heavy atom. The van der Waals surface area contributed by atoms with Crippen LogP contribution in [-0.4, -0.2) is 22.2 Å². The van der Waals surface area contributed by atoms with E-state index in [1.54, 1.807) is 0 Å². The van der Waals surface area contributed by atoms with Gasteiger partial charge in [-0.05, 0) is 37.3 Å². The van der Waals surface area contributed by atoms with Gasteiger partial charge in [0.05, 0.1) is 11.6 Å². The van der Waals surface area contributed by atoms with Gasteiger partial charge in [-0.3, -0.25) is 4.98 Å². The third kappa shape index (κ3) is 2.43. The quantitative estimate of drug-likeness (QED) is 0.883. The van der Waals surface area contributed by atoms with E-state index in [0.717, 1.165) is 30.5 Å². The van der Waals surface area contributed by atoms with Crippen molar-refractivity contribution in [3.63, 3.8) is 0 Å². The highest BCUT2D eigenvalue weighted by atomic mass is 16.3. The van der Waals surface area contributed by atoms with Gasteiger partial charge in [0.1, 0.15) is 0 Å². The van der Waals surface area contributed by atoms with Crippen LogP contribution in [0.25, 0.3) is 10.9 Å². The molecule has 0 bridgehead atoms. The van der Waals surface area contributed by atoms with E-state index >= 15 is 0 Å². The van der Waals surface area contributed by atoms with E-state index in [9.17, 15) is 5.11 Å². The van der Waals surface area contributed by atoms with E-state index in [4.69, 9.17) is 0 Å². The third-order valence-electron chi connectivity index (χ3n) is 4.15. The number of rotatable bonds is 4. The van der Waals surface area contributed by atoms with Crippen LogP contribution in [0.1, 0.15) is 26.2 Å². The number of benzene rings is 1. The molecule has 1 aromatic heterocycles. The summed E-state index contributed by atoms with van der Waals surface area (Å²) in [6.07, 6.45) is 4.69. The van der Waals surface area contributed by atoms with Crippen molar-refractivity contribution in [3.05, 3.63) is 36.5 Å². The summed E-state index contributed by atoms with van der Waals surface area (Å²) in [5, 5.41) is 14.3. The zero-order chi connectivity index (χ0) is 13.2. The fraction of sp³-hybridized carbons (Fsp3) is 0.438. The molecule has 3 rings (SSSR count). The zero-order valence-electron chi connectivity index (χ0n) is 11.2. The van der Waals surface area contributed by atoms with Gasteiger partial charge in [-0.1, -0.05) is 25.1 Å². The first-order valence-electron chi connectivity index (χ1n) is 7.06. The lowest BCUT2D eigenvalue weighted by atomic mass is 9.76. The van der Waals surface area contributed by atoms with Crippen LogP contribution < -0.4 is 5.32 Å². The molecule has 19 heavy (non-hydrogen) atoms. The Labute approximate surface area is 113 Å². The van der Waals surface area contributed by atoms with Crippen LogP contribution in [0.15, 0.2) is 36.5 Å². The van der Waals surface area contributed by atoms with E-state index in [-0.39, 0.29) is 6.10 Å². The molecule has 3 heteroatoms. The molecule has 1 atom stereocenters. The Morgan fingerprint density at radius 2 is 2.11 bits per heavy atom. The van der Waals surface area contributed by atoms with Crippen molar-refractivity contribution < 1.29 is 5.11 Å².